The minimum atomic E-state index is 0.499. The fourth-order valence-electron chi connectivity index (χ4n) is 0.882. The van der Waals surface area contributed by atoms with Gasteiger partial charge in [0.2, 0.25) is 0 Å². The van der Waals surface area contributed by atoms with Crippen molar-refractivity contribution < 1.29 is 0 Å². The quantitative estimate of drug-likeness (QED) is 0.365. The lowest BCUT2D eigenvalue weighted by molar-refractivity contribution is 0.942. The highest BCUT2D eigenvalue weighted by atomic mass is 32.1. The van der Waals surface area contributed by atoms with Crippen LogP contribution in [0.25, 0.3) is 0 Å². The molecule has 0 unspecified atom stereocenters. The van der Waals surface area contributed by atoms with Gasteiger partial charge in [-0.15, -0.1) is 17.9 Å². The van der Waals surface area contributed by atoms with Gasteiger partial charge in [0, 0.05) is 16.3 Å². The third kappa shape index (κ3) is 4.71. The van der Waals surface area contributed by atoms with Crippen LogP contribution in [0.15, 0.2) is 29.9 Å². The first-order valence-electron chi connectivity index (χ1n) is 4.46. The van der Waals surface area contributed by atoms with Crippen LogP contribution in [0.3, 0.4) is 0 Å². The molecule has 0 spiro atoms. The van der Waals surface area contributed by atoms with E-state index in [0.29, 0.717) is 11.7 Å². The van der Waals surface area contributed by atoms with Crippen LogP contribution in [0.1, 0.15) is 9.75 Å². The highest BCUT2D eigenvalue weighted by Gasteiger charge is 1.92. The molecule has 0 saturated heterocycles. The van der Waals surface area contributed by atoms with Gasteiger partial charge in [0.1, 0.15) is 0 Å². The molecule has 80 valence electrons. The van der Waals surface area contributed by atoms with E-state index >= 15 is 0 Å². The Kier molecular flexibility index (Phi) is 5.00. The van der Waals surface area contributed by atoms with Gasteiger partial charge in [-0.3, -0.25) is 5.43 Å². The molecule has 2 N–H and O–H groups in total. The lowest BCUT2D eigenvalue weighted by atomic mass is 10.4. The molecule has 0 atom stereocenters. The SMILES string of the molecule is C=CCNC(=S)N/N=C/c1ccc(C)s1. The van der Waals surface area contributed by atoms with Crippen LogP contribution in [-0.2, 0) is 0 Å². The van der Waals surface area contributed by atoms with Crippen molar-refractivity contribution in [3.63, 3.8) is 0 Å². The summed E-state index contributed by atoms with van der Waals surface area (Å²) in [5, 5.41) is 7.42. The Hall–Kier alpha value is -1.20. The molecule has 0 saturated carbocycles. The Morgan fingerprint density at radius 1 is 1.67 bits per heavy atom. The molecule has 0 amide bonds. The van der Waals surface area contributed by atoms with Gasteiger partial charge in [0.15, 0.2) is 5.11 Å². The zero-order chi connectivity index (χ0) is 11.1. The molecule has 0 radical (unpaired) electrons. The summed E-state index contributed by atoms with van der Waals surface area (Å²) in [7, 11) is 0. The maximum absolute atomic E-state index is 4.96. The van der Waals surface area contributed by atoms with Crippen molar-refractivity contribution in [1.82, 2.24) is 10.7 Å². The van der Waals surface area contributed by atoms with E-state index in [1.165, 1.54) is 4.88 Å². The predicted molar refractivity (Wildman–Crippen MR) is 70.6 cm³/mol. The molecular weight excluding hydrogens is 226 g/mol. The molecule has 1 aromatic rings. The summed E-state index contributed by atoms with van der Waals surface area (Å²) in [6, 6.07) is 4.08. The van der Waals surface area contributed by atoms with E-state index in [9.17, 15) is 0 Å². The normalized spacial score (nSPS) is 10.2. The molecule has 0 aliphatic heterocycles. The first-order valence-corrected chi connectivity index (χ1v) is 5.69. The van der Waals surface area contributed by atoms with Gasteiger partial charge >= 0.3 is 0 Å². The average molecular weight is 239 g/mol. The third-order valence-corrected chi connectivity index (χ3v) is 2.70. The molecule has 1 rings (SSSR count). The van der Waals surface area contributed by atoms with E-state index in [4.69, 9.17) is 12.2 Å². The molecule has 0 aliphatic carbocycles. The predicted octanol–water partition coefficient (Wildman–Crippen LogP) is 2.04. The van der Waals surface area contributed by atoms with Gasteiger partial charge in [-0.25, -0.2) is 0 Å². The van der Waals surface area contributed by atoms with Crippen molar-refractivity contribution in [2.75, 3.05) is 6.54 Å². The minimum Gasteiger partial charge on any atom is -0.358 e. The monoisotopic (exact) mass is 239 g/mol. The number of hydrazone groups is 1. The summed E-state index contributed by atoms with van der Waals surface area (Å²) in [4.78, 5) is 2.37. The Balaban J connectivity index is 2.33. The minimum absolute atomic E-state index is 0.499. The van der Waals surface area contributed by atoms with Gasteiger partial charge in [-0.1, -0.05) is 6.08 Å². The average Bonchev–Trinajstić information content (AvgIpc) is 2.61. The molecule has 3 nitrogen and oxygen atoms in total. The summed E-state index contributed by atoms with van der Waals surface area (Å²) in [5.41, 5.74) is 2.72. The second kappa shape index (κ2) is 6.31. The number of rotatable bonds is 4. The number of thiophene rings is 1. The number of hydrogen-bond donors (Lipinski definition) is 2. The summed E-state index contributed by atoms with van der Waals surface area (Å²) in [6.07, 6.45) is 3.49. The molecule has 0 aliphatic rings. The van der Waals surface area contributed by atoms with Gasteiger partial charge in [-0.2, -0.15) is 5.10 Å². The number of nitrogens with one attached hydrogen (secondary N) is 2. The van der Waals surface area contributed by atoms with Crippen molar-refractivity contribution in [3.05, 3.63) is 34.5 Å². The summed E-state index contributed by atoms with van der Waals surface area (Å²) < 4.78 is 0. The van der Waals surface area contributed by atoms with E-state index < -0.39 is 0 Å². The first-order chi connectivity index (χ1) is 7.22. The van der Waals surface area contributed by atoms with E-state index in [2.05, 4.69) is 35.4 Å². The molecule has 0 bridgehead atoms. The fourth-order valence-corrected chi connectivity index (χ4v) is 1.77. The van der Waals surface area contributed by atoms with Crippen LogP contribution in [0.5, 0.6) is 0 Å². The Labute approximate surface area is 98.9 Å². The van der Waals surface area contributed by atoms with Crippen molar-refractivity contribution in [2.45, 2.75) is 6.92 Å². The fraction of sp³-hybridized carbons (Fsp3) is 0.200. The maximum atomic E-state index is 4.96. The molecular formula is C10H13N3S2. The van der Waals surface area contributed by atoms with Crippen molar-refractivity contribution in [1.29, 1.82) is 0 Å². The van der Waals surface area contributed by atoms with E-state index in [1.54, 1.807) is 23.6 Å². The van der Waals surface area contributed by atoms with Crippen LogP contribution in [0, 0.1) is 6.92 Å². The van der Waals surface area contributed by atoms with Gasteiger partial charge in [0.05, 0.1) is 6.21 Å². The van der Waals surface area contributed by atoms with Gasteiger partial charge in [-0.05, 0) is 31.3 Å². The highest BCUT2D eigenvalue weighted by molar-refractivity contribution is 7.80. The molecule has 5 heteroatoms. The second-order valence-corrected chi connectivity index (χ2v) is 4.54. The van der Waals surface area contributed by atoms with E-state index in [-0.39, 0.29) is 0 Å². The van der Waals surface area contributed by atoms with E-state index in [0.717, 1.165) is 4.88 Å². The molecule has 0 aromatic carbocycles. The van der Waals surface area contributed by atoms with Gasteiger partial charge in [0.25, 0.3) is 0 Å². The standard InChI is InChI=1S/C10H13N3S2/c1-3-6-11-10(14)13-12-7-9-5-4-8(2)15-9/h3-5,7H,1,6H2,2H3,(H2,11,13,14)/b12-7+. The van der Waals surface area contributed by atoms with Crippen molar-refractivity contribution >= 4 is 34.9 Å². The zero-order valence-electron chi connectivity index (χ0n) is 8.49. The highest BCUT2D eigenvalue weighted by Crippen LogP contribution is 2.11. The van der Waals surface area contributed by atoms with Gasteiger partial charge < -0.3 is 5.32 Å². The molecule has 0 fully saturated rings. The second-order valence-electron chi connectivity index (χ2n) is 2.82. The molecule has 15 heavy (non-hydrogen) atoms. The summed E-state index contributed by atoms with van der Waals surface area (Å²) >= 11 is 6.65. The topological polar surface area (TPSA) is 36.4 Å². The number of thiocarbonyl (C=S) groups is 1. The number of hydrogen-bond acceptors (Lipinski definition) is 3. The lowest BCUT2D eigenvalue weighted by Gasteiger charge is -2.02. The Morgan fingerprint density at radius 2 is 2.47 bits per heavy atom. The zero-order valence-corrected chi connectivity index (χ0v) is 10.1. The van der Waals surface area contributed by atoms with Crippen molar-refractivity contribution in [3.8, 4) is 0 Å². The van der Waals surface area contributed by atoms with Crippen LogP contribution in [0.4, 0.5) is 0 Å². The third-order valence-electron chi connectivity index (χ3n) is 1.53. The summed E-state index contributed by atoms with van der Waals surface area (Å²) in [6.45, 7) is 6.28. The van der Waals surface area contributed by atoms with Crippen molar-refractivity contribution in [2.24, 2.45) is 5.10 Å². The Bertz CT molecular complexity index is 368. The molecule has 1 aromatic heterocycles. The van der Waals surface area contributed by atoms with Crippen LogP contribution in [0.2, 0.25) is 0 Å². The number of aryl methyl sites for hydroxylation is 1. The Morgan fingerprint density at radius 3 is 3.07 bits per heavy atom. The van der Waals surface area contributed by atoms with Crippen LogP contribution < -0.4 is 10.7 Å². The first kappa shape index (κ1) is 11.9. The molecule has 1 heterocycles. The van der Waals surface area contributed by atoms with E-state index in [1.807, 2.05) is 6.07 Å². The summed E-state index contributed by atoms with van der Waals surface area (Å²) in [5.74, 6) is 0. The van der Waals surface area contributed by atoms with Crippen LogP contribution >= 0.6 is 23.6 Å². The largest absolute Gasteiger partial charge is 0.358 e. The smallest absolute Gasteiger partial charge is 0.187 e. The lowest BCUT2D eigenvalue weighted by Crippen LogP contribution is -2.31. The van der Waals surface area contributed by atoms with Crippen LogP contribution in [-0.4, -0.2) is 17.9 Å². The maximum Gasteiger partial charge on any atom is 0.187 e. The number of nitrogens with zero attached hydrogens (tertiary/aromatic N) is 1.